The van der Waals surface area contributed by atoms with Gasteiger partial charge in [0.2, 0.25) is 0 Å². The molecule has 3 heterocycles. The zero-order valence-electron chi connectivity index (χ0n) is 12.4. The zero-order valence-corrected chi connectivity index (χ0v) is 13.2. The van der Waals surface area contributed by atoms with E-state index in [0.717, 1.165) is 27.9 Å². The monoisotopic (exact) mass is 323 g/mol. The molecule has 2 N–H and O–H groups in total. The molecule has 0 amide bonds. The molecule has 3 aromatic rings. The maximum absolute atomic E-state index is 5.96. The Labute approximate surface area is 138 Å². The molecule has 5 nitrogen and oxygen atoms in total. The summed E-state index contributed by atoms with van der Waals surface area (Å²) in [4.78, 5) is 17.2. The van der Waals surface area contributed by atoms with Crippen LogP contribution in [0.2, 0.25) is 5.15 Å². The van der Waals surface area contributed by atoms with Crippen LogP contribution in [0.3, 0.4) is 0 Å². The average molecular weight is 324 g/mol. The minimum atomic E-state index is 0.423. The van der Waals surface area contributed by atoms with Crippen molar-refractivity contribution in [2.75, 3.05) is 7.05 Å². The van der Waals surface area contributed by atoms with Crippen molar-refractivity contribution < 1.29 is 0 Å². The molecule has 0 aliphatic heterocycles. The van der Waals surface area contributed by atoms with Gasteiger partial charge in [0.1, 0.15) is 5.15 Å². The predicted octanol–water partition coefficient (Wildman–Crippen LogP) is 3.10. The molecule has 0 unspecified atom stereocenters. The van der Waals surface area contributed by atoms with E-state index in [1.807, 2.05) is 24.3 Å². The number of rotatable bonds is 3. The molecule has 0 aromatic carbocycles. The molecule has 0 spiro atoms. The van der Waals surface area contributed by atoms with Gasteiger partial charge in [0.25, 0.3) is 0 Å². The van der Waals surface area contributed by atoms with Crippen LogP contribution in [-0.4, -0.2) is 27.7 Å². The van der Waals surface area contributed by atoms with E-state index in [2.05, 4.69) is 19.9 Å². The predicted molar refractivity (Wildman–Crippen MR) is 93.4 cm³/mol. The maximum atomic E-state index is 5.96. The SMILES string of the molecule is CN=C(C(=CN)c1cnc2ccc(Cl)nc2c1)c1cccnc1. The number of hydrogen-bond acceptors (Lipinski definition) is 5. The molecule has 0 saturated carbocycles. The summed E-state index contributed by atoms with van der Waals surface area (Å²) in [5, 5.41) is 0.423. The molecular formula is C17H14ClN5. The van der Waals surface area contributed by atoms with E-state index in [-0.39, 0.29) is 0 Å². The van der Waals surface area contributed by atoms with E-state index in [0.29, 0.717) is 10.7 Å². The van der Waals surface area contributed by atoms with Crippen LogP contribution in [0.15, 0.2) is 60.1 Å². The van der Waals surface area contributed by atoms with Crippen LogP contribution < -0.4 is 5.73 Å². The highest BCUT2D eigenvalue weighted by molar-refractivity contribution is 6.32. The lowest BCUT2D eigenvalue weighted by Crippen LogP contribution is -2.07. The minimum Gasteiger partial charge on any atom is -0.404 e. The lowest BCUT2D eigenvalue weighted by atomic mass is 9.98. The van der Waals surface area contributed by atoms with Gasteiger partial charge in [0.15, 0.2) is 0 Å². The van der Waals surface area contributed by atoms with E-state index in [1.165, 1.54) is 6.20 Å². The number of aliphatic imine (C=N–C) groups is 1. The molecule has 0 aliphatic rings. The second-order valence-corrected chi connectivity index (χ2v) is 5.18. The molecule has 0 aliphatic carbocycles. The molecule has 0 radical (unpaired) electrons. The average Bonchev–Trinajstić information content (AvgIpc) is 2.59. The highest BCUT2D eigenvalue weighted by Gasteiger charge is 2.13. The standard InChI is InChI=1S/C17H14ClN5/c1-20-17(11-3-2-6-21-9-11)13(8-19)12-7-15-14(22-10-12)4-5-16(18)23-15/h2-10H,19H2,1H3. The fourth-order valence-corrected chi connectivity index (χ4v) is 2.50. The van der Waals surface area contributed by atoms with Crippen LogP contribution in [0.5, 0.6) is 0 Å². The molecule has 23 heavy (non-hydrogen) atoms. The van der Waals surface area contributed by atoms with Gasteiger partial charge in [-0.2, -0.15) is 0 Å². The molecule has 6 heteroatoms. The van der Waals surface area contributed by atoms with Gasteiger partial charge in [0, 0.05) is 48.5 Å². The van der Waals surface area contributed by atoms with Gasteiger partial charge in [0.05, 0.1) is 16.7 Å². The second kappa shape index (κ2) is 6.54. The first-order valence-electron chi connectivity index (χ1n) is 6.95. The van der Waals surface area contributed by atoms with Crippen LogP contribution in [0.1, 0.15) is 11.1 Å². The Hall–Kier alpha value is -2.79. The van der Waals surface area contributed by atoms with Gasteiger partial charge in [-0.15, -0.1) is 0 Å². The van der Waals surface area contributed by atoms with Gasteiger partial charge >= 0.3 is 0 Å². The van der Waals surface area contributed by atoms with Crippen molar-refractivity contribution in [2.45, 2.75) is 0 Å². The highest BCUT2D eigenvalue weighted by Crippen LogP contribution is 2.22. The van der Waals surface area contributed by atoms with Gasteiger partial charge in [-0.1, -0.05) is 11.6 Å². The Morgan fingerprint density at radius 3 is 2.74 bits per heavy atom. The quantitative estimate of drug-likeness (QED) is 0.593. The summed E-state index contributed by atoms with van der Waals surface area (Å²) in [6.45, 7) is 0. The summed E-state index contributed by atoms with van der Waals surface area (Å²) in [6.07, 6.45) is 6.72. The van der Waals surface area contributed by atoms with Gasteiger partial charge in [-0.3, -0.25) is 15.0 Å². The first-order chi connectivity index (χ1) is 11.2. The van der Waals surface area contributed by atoms with E-state index in [4.69, 9.17) is 17.3 Å². The number of allylic oxidation sites excluding steroid dienone is 1. The molecule has 0 fully saturated rings. The normalized spacial score (nSPS) is 12.6. The van der Waals surface area contributed by atoms with Crippen LogP contribution in [-0.2, 0) is 0 Å². The van der Waals surface area contributed by atoms with Gasteiger partial charge in [-0.25, -0.2) is 4.98 Å². The lowest BCUT2D eigenvalue weighted by Gasteiger charge is -2.11. The molecule has 0 atom stereocenters. The van der Waals surface area contributed by atoms with Crippen molar-refractivity contribution in [3.05, 3.63) is 71.4 Å². The highest BCUT2D eigenvalue weighted by atomic mass is 35.5. The van der Waals surface area contributed by atoms with Gasteiger partial charge < -0.3 is 5.73 Å². The second-order valence-electron chi connectivity index (χ2n) is 4.79. The Morgan fingerprint density at radius 2 is 2.04 bits per heavy atom. The third-order valence-corrected chi connectivity index (χ3v) is 3.61. The van der Waals surface area contributed by atoms with Gasteiger partial charge in [-0.05, 0) is 30.3 Å². The summed E-state index contributed by atoms with van der Waals surface area (Å²) >= 11 is 5.96. The fourth-order valence-electron chi connectivity index (χ4n) is 2.35. The largest absolute Gasteiger partial charge is 0.404 e. The first-order valence-corrected chi connectivity index (χ1v) is 7.33. The number of halogens is 1. The summed E-state index contributed by atoms with van der Waals surface area (Å²) in [7, 11) is 1.72. The Kier molecular flexibility index (Phi) is 4.30. The number of hydrogen-bond donors (Lipinski definition) is 1. The molecule has 0 saturated heterocycles. The van der Waals surface area contributed by atoms with Crippen molar-refractivity contribution in [1.82, 2.24) is 15.0 Å². The van der Waals surface area contributed by atoms with Crippen molar-refractivity contribution in [2.24, 2.45) is 10.7 Å². The molecule has 0 bridgehead atoms. The third-order valence-electron chi connectivity index (χ3n) is 3.39. The van der Waals surface area contributed by atoms with Crippen LogP contribution in [0.4, 0.5) is 0 Å². The first kappa shape index (κ1) is 15.1. The Balaban J connectivity index is 2.11. The van der Waals surface area contributed by atoms with Crippen molar-refractivity contribution in [3.63, 3.8) is 0 Å². The number of nitrogens with two attached hydrogens (primary N) is 1. The Morgan fingerprint density at radius 1 is 1.17 bits per heavy atom. The fraction of sp³-hybridized carbons (Fsp3) is 0.0588. The van der Waals surface area contributed by atoms with Crippen LogP contribution in [0.25, 0.3) is 16.6 Å². The third kappa shape index (κ3) is 3.05. The van der Waals surface area contributed by atoms with Crippen LogP contribution >= 0.6 is 11.6 Å². The number of aromatic nitrogens is 3. The number of fused-ring (bicyclic) bond motifs is 1. The van der Waals surface area contributed by atoms with E-state index in [1.54, 1.807) is 31.7 Å². The summed E-state index contributed by atoms with van der Waals surface area (Å²) in [5.74, 6) is 0. The minimum absolute atomic E-state index is 0.423. The number of nitrogens with zero attached hydrogens (tertiary/aromatic N) is 4. The Bertz CT molecular complexity index is 903. The molecule has 114 valence electrons. The zero-order chi connectivity index (χ0) is 16.2. The topological polar surface area (TPSA) is 77.0 Å². The summed E-state index contributed by atoms with van der Waals surface area (Å²) in [5.41, 5.74) is 10.5. The number of pyridine rings is 3. The maximum Gasteiger partial charge on any atom is 0.129 e. The van der Waals surface area contributed by atoms with E-state index >= 15 is 0 Å². The summed E-state index contributed by atoms with van der Waals surface area (Å²) in [6, 6.07) is 9.23. The smallest absolute Gasteiger partial charge is 0.129 e. The molecular weight excluding hydrogens is 310 g/mol. The van der Waals surface area contributed by atoms with Crippen molar-refractivity contribution >= 4 is 33.9 Å². The van der Waals surface area contributed by atoms with Crippen LogP contribution in [0, 0.1) is 0 Å². The van der Waals surface area contributed by atoms with Crippen molar-refractivity contribution in [1.29, 1.82) is 0 Å². The molecule has 3 rings (SSSR count). The van der Waals surface area contributed by atoms with E-state index < -0.39 is 0 Å². The lowest BCUT2D eigenvalue weighted by molar-refractivity contribution is 1.30. The van der Waals surface area contributed by atoms with E-state index in [9.17, 15) is 0 Å². The molecule has 3 aromatic heterocycles. The van der Waals surface area contributed by atoms with Crippen molar-refractivity contribution in [3.8, 4) is 0 Å². The summed E-state index contributed by atoms with van der Waals surface area (Å²) < 4.78 is 0.